The van der Waals surface area contributed by atoms with E-state index in [1.165, 1.54) is 17.7 Å². The molecule has 0 amide bonds. The minimum atomic E-state index is -0.294. The highest BCUT2D eigenvalue weighted by molar-refractivity contribution is 7.17. The average molecular weight is 364 g/mol. The van der Waals surface area contributed by atoms with Crippen molar-refractivity contribution in [3.63, 3.8) is 0 Å². The standard InChI is InChI=1S/C20H17FN4S/c1-13-7-8-15(21)11-17(13)24-20-23-16-9-10-26-18(16)19(25-20)22-12-14-5-3-2-4-6-14/h2-11H,12H2,1H3,(H2,22,23,24,25). The first-order chi connectivity index (χ1) is 12.7. The zero-order valence-electron chi connectivity index (χ0n) is 14.2. The molecule has 4 nitrogen and oxygen atoms in total. The molecular weight excluding hydrogens is 347 g/mol. The van der Waals surface area contributed by atoms with Crippen LogP contribution in [-0.4, -0.2) is 9.97 Å². The van der Waals surface area contributed by atoms with E-state index in [0.717, 1.165) is 21.6 Å². The van der Waals surface area contributed by atoms with Gasteiger partial charge in [-0.15, -0.1) is 11.3 Å². The van der Waals surface area contributed by atoms with Gasteiger partial charge >= 0.3 is 0 Å². The Morgan fingerprint density at radius 1 is 1.04 bits per heavy atom. The molecule has 2 aromatic carbocycles. The van der Waals surface area contributed by atoms with Gasteiger partial charge in [0.15, 0.2) is 0 Å². The van der Waals surface area contributed by atoms with Crippen LogP contribution in [0, 0.1) is 12.7 Å². The molecule has 26 heavy (non-hydrogen) atoms. The summed E-state index contributed by atoms with van der Waals surface area (Å²) >= 11 is 1.59. The molecule has 0 fully saturated rings. The molecule has 130 valence electrons. The highest BCUT2D eigenvalue weighted by Gasteiger charge is 2.10. The number of hydrogen-bond acceptors (Lipinski definition) is 5. The van der Waals surface area contributed by atoms with Crippen molar-refractivity contribution >= 4 is 39.0 Å². The number of halogens is 1. The number of aryl methyl sites for hydroxylation is 1. The van der Waals surface area contributed by atoms with Gasteiger partial charge in [0, 0.05) is 12.2 Å². The molecule has 6 heteroatoms. The minimum Gasteiger partial charge on any atom is -0.365 e. The zero-order chi connectivity index (χ0) is 17.9. The lowest BCUT2D eigenvalue weighted by molar-refractivity contribution is 0.628. The molecule has 4 aromatic rings. The maximum absolute atomic E-state index is 13.5. The minimum absolute atomic E-state index is 0.294. The van der Waals surface area contributed by atoms with Crippen LogP contribution in [0.2, 0.25) is 0 Å². The fourth-order valence-electron chi connectivity index (χ4n) is 2.67. The first kappa shape index (κ1) is 16.5. The maximum Gasteiger partial charge on any atom is 0.229 e. The summed E-state index contributed by atoms with van der Waals surface area (Å²) in [7, 11) is 0. The fraction of sp³-hybridized carbons (Fsp3) is 0.100. The Kier molecular flexibility index (Phi) is 4.50. The van der Waals surface area contributed by atoms with E-state index in [1.54, 1.807) is 17.4 Å². The smallest absolute Gasteiger partial charge is 0.229 e. The largest absolute Gasteiger partial charge is 0.365 e. The lowest BCUT2D eigenvalue weighted by atomic mass is 10.2. The van der Waals surface area contributed by atoms with Crippen LogP contribution in [0.4, 0.5) is 21.8 Å². The molecule has 0 aliphatic rings. The third-order valence-corrected chi connectivity index (χ3v) is 4.96. The van der Waals surface area contributed by atoms with E-state index in [2.05, 4.69) is 32.7 Å². The Morgan fingerprint density at radius 3 is 2.73 bits per heavy atom. The number of hydrogen-bond donors (Lipinski definition) is 2. The van der Waals surface area contributed by atoms with Gasteiger partial charge in [-0.2, -0.15) is 4.98 Å². The molecule has 0 saturated carbocycles. The first-order valence-corrected chi connectivity index (χ1v) is 9.13. The van der Waals surface area contributed by atoms with Crippen molar-refractivity contribution in [3.05, 3.63) is 76.9 Å². The second kappa shape index (κ2) is 7.09. The summed E-state index contributed by atoms with van der Waals surface area (Å²) in [5.74, 6) is 0.919. The van der Waals surface area contributed by atoms with E-state index in [9.17, 15) is 4.39 Å². The number of rotatable bonds is 5. The summed E-state index contributed by atoms with van der Waals surface area (Å²) < 4.78 is 14.6. The van der Waals surface area contributed by atoms with Crippen molar-refractivity contribution in [1.29, 1.82) is 0 Å². The molecule has 0 atom stereocenters. The van der Waals surface area contributed by atoms with Crippen molar-refractivity contribution in [2.75, 3.05) is 10.6 Å². The van der Waals surface area contributed by atoms with Crippen LogP contribution in [0.5, 0.6) is 0 Å². The van der Waals surface area contributed by atoms with Crippen LogP contribution in [0.1, 0.15) is 11.1 Å². The molecule has 0 spiro atoms. The van der Waals surface area contributed by atoms with Crippen molar-refractivity contribution in [2.45, 2.75) is 13.5 Å². The lowest BCUT2D eigenvalue weighted by Crippen LogP contribution is -2.05. The summed E-state index contributed by atoms with van der Waals surface area (Å²) in [6, 6.07) is 16.7. The Bertz CT molecular complexity index is 1050. The molecule has 0 unspecified atom stereocenters. The Morgan fingerprint density at radius 2 is 1.88 bits per heavy atom. The Balaban J connectivity index is 1.65. The number of nitrogens with zero attached hydrogens (tertiary/aromatic N) is 2. The molecule has 2 heterocycles. The molecule has 4 rings (SSSR count). The molecule has 0 aliphatic heterocycles. The number of nitrogens with one attached hydrogen (secondary N) is 2. The van der Waals surface area contributed by atoms with Crippen LogP contribution in [-0.2, 0) is 6.54 Å². The molecule has 0 saturated heterocycles. The monoisotopic (exact) mass is 364 g/mol. The van der Waals surface area contributed by atoms with Gasteiger partial charge in [-0.25, -0.2) is 9.37 Å². The van der Waals surface area contributed by atoms with Gasteiger partial charge in [-0.3, -0.25) is 0 Å². The van der Waals surface area contributed by atoms with Crippen molar-refractivity contribution in [2.24, 2.45) is 0 Å². The van der Waals surface area contributed by atoms with E-state index in [-0.39, 0.29) is 5.82 Å². The van der Waals surface area contributed by atoms with Gasteiger partial charge in [-0.05, 0) is 41.6 Å². The number of anilines is 3. The second-order valence-electron chi connectivity index (χ2n) is 5.95. The third-order valence-electron chi connectivity index (χ3n) is 4.05. The summed E-state index contributed by atoms with van der Waals surface area (Å²) in [5, 5.41) is 8.51. The molecule has 2 N–H and O–H groups in total. The van der Waals surface area contributed by atoms with Crippen LogP contribution >= 0.6 is 11.3 Å². The zero-order valence-corrected chi connectivity index (χ0v) is 15.0. The fourth-order valence-corrected chi connectivity index (χ4v) is 3.47. The van der Waals surface area contributed by atoms with Crippen molar-refractivity contribution in [3.8, 4) is 0 Å². The molecule has 0 bridgehead atoms. The van der Waals surface area contributed by atoms with Gasteiger partial charge in [0.05, 0.1) is 10.2 Å². The second-order valence-corrected chi connectivity index (χ2v) is 6.87. The number of thiophene rings is 1. The molecular formula is C20H17FN4S. The maximum atomic E-state index is 13.5. The average Bonchev–Trinajstić information content (AvgIpc) is 3.12. The number of fused-ring (bicyclic) bond motifs is 1. The van der Waals surface area contributed by atoms with Crippen LogP contribution in [0.15, 0.2) is 60.0 Å². The van der Waals surface area contributed by atoms with Crippen molar-refractivity contribution < 1.29 is 4.39 Å². The Labute approximate surface area is 154 Å². The normalized spacial score (nSPS) is 10.8. The van der Waals surface area contributed by atoms with Gasteiger partial charge in [0.1, 0.15) is 11.6 Å². The SMILES string of the molecule is Cc1ccc(F)cc1Nc1nc(NCc2ccccc2)c2sccc2n1. The molecule has 0 radical (unpaired) electrons. The van der Waals surface area contributed by atoms with Crippen molar-refractivity contribution in [1.82, 2.24) is 9.97 Å². The quantitative estimate of drug-likeness (QED) is 0.491. The number of benzene rings is 2. The predicted octanol–water partition coefficient (Wildman–Crippen LogP) is 5.49. The summed E-state index contributed by atoms with van der Waals surface area (Å²) in [5.41, 5.74) is 3.62. The van der Waals surface area contributed by atoms with Gasteiger partial charge in [-0.1, -0.05) is 36.4 Å². The summed E-state index contributed by atoms with van der Waals surface area (Å²) in [6.07, 6.45) is 0. The van der Waals surface area contributed by atoms with Crippen LogP contribution in [0.3, 0.4) is 0 Å². The van der Waals surface area contributed by atoms with Gasteiger partial charge < -0.3 is 10.6 Å². The van der Waals surface area contributed by atoms with E-state index in [1.807, 2.05) is 36.6 Å². The van der Waals surface area contributed by atoms with E-state index in [4.69, 9.17) is 0 Å². The number of aromatic nitrogens is 2. The molecule has 2 aromatic heterocycles. The van der Waals surface area contributed by atoms with E-state index < -0.39 is 0 Å². The molecule has 0 aliphatic carbocycles. The van der Waals surface area contributed by atoms with Crippen LogP contribution in [0.25, 0.3) is 10.2 Å². The summed E-state index contributed by atoms with van der Waals surface area (Å²) in [4.78, 5) is 9.15. The van der Waals surface area contributed by atoms with Gasteiger partial charge in [0.2, 0.25) is 5.95 Å². The predicted molar refractivity (Wildman–Crippen MR) is 106 cm³/mol. The third kappa shape index (κ3) is 3.50. The topological polar surface area (TPSA) is 49.8 Å². The lowest BCUT2D eigenvalue weighted by Gasteiger charge is -2.11. The Hall–Kier alpha value is -2.99. The van der Waals surface area contributed by atoms with Crippen LogP contribution < -0.4 is 10.6 Å². The summed E-state index contributed by atoms with van der Waals surface area (Å²) in [6.45, 7) is 2.59. The highest BCUT2D eigenvalue weighted by atomic mass is 32.1. The van der Waals surface area contributed by atoms with E-state index >= 15 is 0 Å². The van der Waals surface area contributed by atoms with Gasteiger partial charge in [0.25, 0.3) is 0 Å². The van der Waals surface area contributed by atoms with E-state index in [0.29, 0.717) is 18.2 Å². The highest BCUT2D eigenvalue weighted by Crippen LogP contribution is 2.29. The first-order valence-electron chi connectivity index (χ1n) is 8.25.